The van der Waals surface area contributed by atoms with E-state index in [1.165, 1.54) is 6.21 Å². The van der Waals surface area contributed by atoms with E-state index in [9.17, 15) is 4.79 Å². The number of nitrogens with zero attached hydrogens (tertiary/aromatic N) is 1. The van der Waals surface area contributed by atoms with Crippen LogP contribution < -0.4 is 14.8 Å². The van der Waals surface area contributed by atoms with Gasteiger partial charge in [0.05, 0.1) is 19.6 Å². The molecule has 0 aliphatic carbocycles. The molecule has 0 saturated heterocycles. The van der Waals surface area contributed by atoms with Crippen LogP contribution in [0.2, 0.25) is 0 Å². The Balaban J connectivity index is 1.60. The highest BCUT2D eigenvalue weighted by molar-refractivity contribution is 5.93. The van der Waals surface area contributed by atoms with Crippen molar-refractivity contribution in [3.05, 3.63) is 59.8 Å². The van der Waals surface area contributed by atoms with Crippen molar-refractivity contribution in [3.8, 4) is 11.5 Å². The highest BCUT2D eigenvalue weighted by Gasteiger charge is 2.26. The summed E-state index contributed by atoms with van der Waals surface area (Å²) in [5.74, 6) is 1.24. The number of hydrogen-bond acceptors (Lipinski definition) is 5. The summed E-state index contributed by atoms with van der Waals surface area (Å²) < 4.78 is 11.0. The fourth-order valence-electron chi connectivity index (χ4n) is 2.83. The summed E-state index contributed by atoms with van der Waals surface area (Å²) >= 11 is 0. The van der Waals surface area contributed by atoms with E-state index < -0.39 is 0 Å². The number of aliphatic hydroxyl groups is 1. The van der Waals surface area contributed by atoms with Gasteiger partial charge in [-0.15, -0.1) is 0 Å². The topological polar surface area (TPSA) is 80.2 Å². The number of benzene rings is 2. The number of ether oxygens (including phenoxy) is 2. The number of methoxy groups -OCH3 is 1. The number of aliphatic imine (C=N–C) groups is 1. The van der Waals surface area contributed by atoms with Gasteiger partial charge in [-0.3, -0.25) is 9.79 Å². The van der Waals surface area contributed by atoms with Gasteiger partial charge in [-0.25, -0.2) is 0 Å². The lowest BCUT2D eigenvalue weighted by atomic mass is 9.95. The molecule has 0 saturated carbocycles. The molecule has 0 radical (unpaired) electrons. The smallest absolute Gasteiger partial charge is 0.231 e. The van der Waals surface area contributed by atoms with Gasteiger partial charge in [-0.1, -0.05) is 12.1 Å². The molecule has 2 N–H and O–H groups in total. The zero-order valence-corrected chi connectivity index (χ0v) is 15.1. The Morgan fingerprint density at radius 2 is 2.15 bits per heavy atom. The molecule has 1 unspecified atom stereocenters. The maximum absolute atomic E-state index is 12.6. The number of carbonyl (C=O) groups is 1. The van der Waals surface area contributed by atoms with E-state index in [2.05, 4.69) is 10.3 Å². The maximum atomic E-state index is 12.6. The van der Waals surface area contributed by atoms with E-state index >= 15 is 0 Å². The van der Waals surface area contributed by atoms with E-state index in [0.717, 1.165) is 28.3 Å². The molecule has 2 aromatic rings. The lowest BCUT2D eigenvalue weighted by Gasteiger charge is -2.25. The number of aliphatic hydroxyl groups excluding tert-OH is 1. The molecule has 3 rings (SSSR count). The first kappa shape index (κ1) is 18.7. The number of nitrogens with one attached hydrogen (secondary N) is 1. The van der Waals surface area contributed by atoms with Gasteiger partial charge in [0.15, 0.2) is 0 Å². The molecule has 1 amide bonds. The van der Waals surface area contributed by atoms with Crippen molar-refractivity contribution in [2.75, 3.05) is 25.6 Å². The largest absolute Gasteiger partial charge is 0.497 e. The summed E-state index contributed by atoms with van der Waals surface area (Å²) in [5, 5.41) is 11.6. The molecule has 6 nitrogen and oxygen atoms in total. The molecule has 1 aliphatic heterocycles. The van der Waals surface area contributed by atoms with Gasteiger partial charge in [0, 0.05) is 18.1 Å². The molecular weight excluding hydrogens is 344 g/mol. The first-order chi connectivity index (χ1) is 13.2. The molecule has 0 aromatic heterocycles. The second kappa shape index (κ2) is 9.00. The van der Waals surface area contributed by atoms with Crippen LogP contribution in [0.3, 0.4) is 0 Å². The molecule has 0 spiro atoms. The number of amides is 1. The van der Waals surface area contributed by atoms with Crippen LogP contribution in [0.5, 0.6) is 11.5 Å². The fourth-order valence-corrected chi connectivity index (χ4v) is 2.83. The Kier molecular flexibility index (Phi) is 6.22. The normalized spacial score (nSPS) is 16.1. The van der Waals surface area contributed by atoms with Crippen LogP contribution in [0, 0.1) is 5.92 Å². The maximum Gasteiger partial charge on any atom is 0.231 e. The Morgan fingerprint density at radius 3 is 2.89 bits per heavy atom. The lowest BCUT2D eigenvalue weighted by Crippen LogP contribution is -2.32. The Hall–Kier alpha value is -3.12. The molecule has 2 aromatic carbocycles. The summed E-state index contributed by atoms with van der Waals surface area (Å²) in [6.07, 6.45) is 5.44. The van der Waals surface area contributed by atoms with E-state index in [0.29, 0.717) is 13.0 Å². The van der Waals surface area contributed by atoms with Gasteiger partial charge in [-0.2, -0.15) is 0 Å². The van der Waals surface area contributed by atoms with E-state index in [4.69, 9.17) is 14.6 Å². The number of hydrogen-bond donors (Lipinski definition) is 2. The monoisotopic (exact) mass is 366 g/mol. The van der Waals surface area contributed by atoms with Gasteiger partial charge in [0.1, 0.15) is 18.1 Å². The van der Waals surface area contributed by atoms with Crippen LogP contribution in [0.1, 0.15) is 11.1 Å². The van der Waals surface area contributed by atoms with Gasteiger partial charge in [0.2, 0.25) is 5.91 Å². The predicted octanol–water partition coefficient (Wildman–Crippen LogP) is 2.92. The minimum absolute atomic E-state index is 0.0701. The molecule has 6 heteroatoms. The van der Waals surface area contributed by atoms with Crippen LogP contribution in [0.15, 0.2) is 53.7 Å². The fraction of sp³-hybridized carbons (Fsp3) is 0.238. The second-order valence-electron chi connectivity index (χ2n) is 6.13. The van der Waals surface area contributed by atoms with E-state index in [1.54, 1.807) is 13.3 Å². The molecule has 1 atom stereocenters. The number of fused-ring (bicyclic) bond motifs is 1. The van der Waals surface area contributed by atoms with Crippen molar-refractivity contribution < 1.29 is 19.4 Å². The average molecular weight is 366 g/mol. The Morgan fingerprint density at radius 1 is 1.33 bits per heavy atom. The lowest BCUT2D eigenvalue weighted by molar-refractivity contribution is -0.121. The first-order valence-corrected chi connectivity index (χ1v) is 8.69. The number of anilines is 1. The van der Waals surface area contributed by atoms with Gasteiger partial charge in [-0.05, 0) is 54.0 Å². The van der Waals surface area contributed by atoms with Crippen molar-refractivity contribution in [1.82, 2.24) is 0 Å². The highest BCUT2D eigenvalue weighted by atomic mass is 16.5. The quantitative estimate of drug-likeness (QED) is 0.771. The summed E-state index contributed by atoms with van der Waals surface area (Å²) in [6, 6.07) is 13.1. The molecule has 0 fully saturated rings. The van der Waals surface area contributed by atoms with E-state index in [1.807, 2.05) is 48.5 Å². The number of carbonyl (C=O) groups excluding carboxylic acids is 1. The van der Waals surface area contributed by atoms with Crippen molar-refractivity contribution >= 4 is 23.9 Å². The first-order valence-electron chi connectivity index (χ1n) is 8.69. The molecule has 27 heavy (non-hydrogen) atoms. The molecule has 1 aliphatic rings. The van der Waals surface area contributed by atoms with Gasteiger partial charge >= 0.3 is 0 Å². The van der Waals surface area contributed by atoms with Crippen LogP contribution in [-0.2, 0) is 11.2 Å². The third-order valence-corrected chi connectivity index (χ3v) is 4.26. The molecular formula is C21H22N2O4. The van der Waals surface area contributed by atoms with Crippen molar-refractivity contribution in [2.45, 2.75) is 6.42 Å². The summed E-state index contributed by atoms with van der Waals surface area (Å²) in [4.78, 5) is 16.5. The van der Waals surface area contributed by atoms with Crippen LogP contribution in [-0.4, -0.2) is 37.6 Å². The number of rotatable bonds is 6. The zero-order valence-electron chi connectivity index (χ0n) is 15.1. The van der Waals surface area contributed by atoms with Crippen molar-refractivity contribution in [1.29, 1.82) is 0 Å². The van der Waals surface area contributed by atoms with Gasteiger partial charge < -0.3 is 19.9 Å². The van der Waals surface area contributed by atoms with Crippen LogP contribution in [0.25, 0.3) is 6.08 Å². The zero-order chi connectivity index (χ0) is 19.1. The van der Waals surface area contributed by atoms with Crippen molar-refractivity contribution in [3.63, 3.8) is 0 Å². The van der Waals surface area contributed by atoms with Gasteiger partial charge in [0.25, 0.3) is 0 Å². The van der Waals surface area contributed by atoms with Crippen molar-refractivity contribution in [2.24, 2.45) is 10.9 Å². The average Bonchev–Trinajstić information content (AvgIpc) is 2.71. The standard InChI is InChI=1S/C21H22N2O4/c1-26-19-6-7-20-16(13-19)12-17(14-27-20)21(25)23-18-4-2-15(3-5-18)8-9-22-10-11-24/h2-10,13,17,24H,11-12,14H2,1H3,(H,23,25)/b9-8+,22-10-. The summed E-state index contributed by atoms with van der Waals surface area (Å²) in [5.41, 5.74) is 2.65. The highest BCUT2D eigenvalue weighted by Crippen LogP contribution is 2.31. The van der Waals surface area contributed by atoms with E-state index in [-0.39, 0.29) is 18.4 Å². The summed E-state index contributed by atoms with van der Waals surface area (Å²) in [7, 11) is 1.62. The Labute approximate surface area is 158 Å². The summed E-state index contributed by atoms with van der Waals surface area (Å²) in [6.45, 7) is 0.270. The third-order valence-electron chi connectivity index (χ3n) is 4.26. The minimum atomic E-state index is -0.253. The Bertz CT molecular complexity index is 844. The van der Waals surface area contributed by atoms with Crippen LogP contribution in [0.4, 0.5) is 5.69 Å². The molecule has 140 valence electrons. The van der Waals surface area contributed by atoms with Crippen LogP contribution >= 0.6 is 0 Å². The third kappa shape index (κ3) is 4.95. The molecule has 0 bridgehead atoms. The minimum Gasteiger partial charge on any atom is -0.497 e. The molecule has 1 heterocycles. The SMILES string of the molecule is COc1ccc2c(c1)CC(C(=O)Nc1ccc(/C=C/N=C\CO)cc1)CO2. The second-order valence-corrected chi connectivity index (χ2v) is 6.13. The predicted molar refractivity (Wildman–Crippen MR) is 105 cm³/mol.